The molecule has 1 aromatic carbocycles. The summed E-state index contributed by atoms with van der Waals surface area (Å²) in [5.74, 6) is 0.311. The van der Waals surface area contributed by atoms with Gasteiger partial charge >= 0.3 is 0 Å². The highest BCUT2D eigenvalue weighted by Crippen LogP contribution is 2.34. The Labute approximate surface area is 142 Å². The maximum absolute atomic E-state index is 12.4. The Morgan fingerprint density at radius 2 is 1.91 bits per heavy atom. The van der Waals surface area contributed by atoms with Crippen LogP contribution in [0.4, 0.5) is 0 Å². The molecule has 2 aromatic rings. The molecule has 23 heavy (non-hydrogen) atoms. The van der Waals surface area contributed by atoms with Crippen molar-refractivity contribution in [2.75, 3.05) is 0 Å². The first-order chi connectivity index (χ1) is 11.1. The van der Waals surface area contributed by atoms with Crippen molar-refractivity contribution in [1.29, 1.82) is 0 Å². The van der Waals surface area contributed by atoms with E-state index in [2.05, 4.69) is 4.98 Å². The second-order valence-electron chi connectivity index (χ2n) is 4.81. The molecule has 7 heteroatoms. The molecule has 1 atom stereocenters. The summed E-state index contributed by atoms with van der Waals surface area (Å²) in [5, 5.41) is 0.588. The van der Waals surface area contributed by atoms with E-state index in [-0.39, 0.29) is 17.4 Å². The number of nitrogens with zero attached hydrogens (tertiary/aromatic N) is 1. The molecule has 0 saturated carbocycles. The van der Waals surface area contributed by atoms with E-state index in [1.807, 2.05) is 12.1 Å². The molecule has 2 heterocycles. The van der Waals surface area contributed by atoms with Crippen molar-refractivity contribution >= 4 is 29.4 Å². The van der Waals surface area contributed by atoms with Crippen LogP contribution in [0, 0.1) is 0 Å². The quantitative estimate of drug-likeness (QED) is 0.835. The van der Waals surface area contributed by atoms with Gasteiger partial charge in [0.1, 0.15) is 0 Å². The number of hydrogen-bond donors (Lipinski definition) is 1. The van der Waals surface area contributed by atoms with Crippen LogP contribution in [0.5, 0.6) is 0 Å². The van der Waals surface area contributed by atoms with E-state index in [4.69, 9.17) is 26.3 Å². The van der Waals surface area contributed by atoms with Gasteiger partial charge in [0.2, 0.25) is 17.4 Å². The van der Waals surface area contributed by atoms with Gasteiger partial charge in [0.15, 0.2) is 6.10 Å². The van der Waals surface area contributed by atoms with Crippen molar-refractivity contribution < 1.29 is 13.7 Å². The number of ether oxygens (including phenoxy) is 1. The van der Waals surface area contributed by atoms with Gasteiger partial charge in [0.05, 0.1) is 17.8 Å². The minimum Gasteiger partial charge on any atom is -0.460 e. The summed E-state index contributed by atoms with van der Waals surface area (Å²) in [6.07, 6.45) is 2.61. The lowest BCUT2D eigenvalue weighted by molar-refractivity contribution is -0.122. The summed E-state index contributed by atoms with van der Waals surface area (Å²) in [6, 6.07) is 10.6. The van der Waals surface area contributed by atoms with Gasteiger partial charge in [0.25, 0.3) is 0 Å². The zero-order valence-electron chi connectivity index (χ0n) is 11.9. The third kappa shape index (κ3) is 3.60. The van der Waals surface area contributed by atoms with E-state index in [0.29, 0.717) is 16.3 Å². The topological polar surface area (TPSA) is 74.4 Å². The van der Waals surface area contributed by atoms with Crippen molar-refractivity contribution in [2.45, 2.75) is 11.9 Å². The fourth-order valence-corrected chi connectivity index (χ4v) is 2.84. The molecule has 118 valence electrons. The van der Waals surface area contributed by atoms with E-state index < -0.39 is 6.10 Å². The number of ketones is 1. The Morgan fingerprint density at radius 1 is 1.22 bits per heavy atom. The van der Waals surface area contributed by atoms with Crippen LogP contribution in [0.2, 0.25) is 5.02 Å². The smallest absolute Gasteiger partial charge is 0.249 e. The van der Waals surface area contributed by atoms with Crippen LogP contribution < -0.4 is 5.73 Å². The van der Waals surface area contributed by atoms with Gasteiger partial charge in [-0.05, 0) is 29.8 Å². The van der Waals surface area contributed by atoms with E-state index in [1.54, 1.807) is 36.7 Å². The number of Topliss-reactive ketones (excluding diaryl/α,β-unsaturated/α-hetero) is 1. The van der Waals surface area contributed by atoms with E-state index >= 15 is 0 Å². The van der Waals surface area contributed by atoms with Crippen molar-refractivity contribution in [2.24, 2.45) is 5.73 Å². The number of halogens is 1. The van der Waals surface area contributed by atoms with Gasteiger partial charge in [0, 0.05) is 23.0 Å². The molecular formula is C16H13ClN2O3S. The molecule has 2 N–H and O–H groups in total. The normalized spacial score (nSPS) is 17.3. The predicted octanol–water partition coefficient (Wildman–Crippen LogP) is 3.37. The zero-order chi connectivity index (χ0) is 16.2. The number of carbonyl (C=O) groups excluding carboxylic acids is 1. The number of rotatable bonds is 5. The minimum atomic E-state index is -0.788. The van der Waals surface area contributed by atoms with Gasteiger partial charge in [-0.25, -0.2) is 0 Å². The molecule has 0 radical (unpaired) electrons. The fraction of sp³-hybridized carbons (Fsp3) is 0.125. The first kappa shape index (κ1) is 15.7. The Kier molecular flexibility index (Phi) is 4.73. The number of carbonyl (C=O) groups is 1. The van der Waals surface area contributed by atoms with Crippen LogP contribution in [-0.4, -0.2) is 10.8 Å². The highest BCUT2D eigenvalue weighted by molar-refractivity contribution is 7.94. The molecule has 3 rings (SSSR count). The molecule has 1 aliphatic heterocycles. The number of aromatic nitrogens is 1. The lowest BCUT2D eigenvalue weighted by Gasteiger charge is -2.09. The molecule has 0 saturated heterocycles. The molecule has 0 spiro atoms. The maximum Gasteiger partial charge on any atom is 0.249 e. The molecular weight excluding hydrogens is 336 g/mol. The zero-order valence-corrected chi connectivity index (χ0v) is 13.5. The summed E-state index contributed by atoms with van der Waals surface area (Å²) in [7, 11) is 0. The van der Waals surface area contributed by atoms with Gasteiger partial charge < -0.3 is 14.7 Å². The van der Waals surface area contributed by atoms with Crippen LogP contribution in [-0.2, 0) is 19.5 Å². The summed E-state index contributed by atoms with van der Waals surface area (Å²) in [5.41, 5.74) is 7.48. The fourth-order valence-electron chi connectivity index (χ4n) is 2.05. The third-order valence-corrected chi connectivity index (χ3v) is 4.21. The summed E-state index contributed by atoms with van der Waals surface area (Å²) >= 11 is 6.97. The summed E-state index contributed by atoms with van der Waals surface area (Å²) < 4.78 is 10.9. The van der Waals surface area contributed by atoms with Crippen LogP contribution in [0.25, 0.3) is 0 Å². The Morgan fingerprint density at radius 3 is 2.61 bits per heavy atom. The van der Waals surface area contributed by atoms with E-state index in [1.165, 1.54) is 0 Å². The van der Waals surface area contributed by atoms with Gasteiger partial charge in [-0.3, -0.25) is 9.78 Å². The maximum atomic E-state index is 12.4. The first-order valence-corrected chi connectivity index (χ1v) is 8.08. The monoisotopic (exact) mass is 348 g/mol. The van der Waals surface area contributed by atoms with Crippen molar-refractivity contribution in [3.05, 3.63) is 76.6 Å². The third-order valence-electron chi connectivity index (χ3n) is 3.22. The Hall–Kier alpha value is -2.18. The van der Waals surface area contributed by atoms with Gasteiger partial charge in [-0.1, -0.05) is 23.7 Å². The van der Waals surface area contributed by atoms with Crippen molar-refractivity contribution in [3.63, 3.8) is 0 Å². The highest BCUT2D eigenvalue weighted by atomic mass is 35.5. The van der Waals surface area contributed by atoms with Crippen LogP contribution in [0.15, 0.2) is 60.4 Å². The minimum absolute atomic E-state index is 0.00261. The van der Waals surface area contributed by atoms with Crippen molar-refractivity contribution in [1.82, 2.24) is 4.98 Å². The average molecular weight is 349 g/mol. The SMILES string of the molecule is NC1=C(OSCc2ccncc2)C(=O)C(c2ccc(Cl)cc2)O1. The number of nitrogens with two attached hydrogens (primary N) is 1. The average Bonchev–Trinajstić information content (AvgIpc) is 2.85. The number of pyridine rings is 1. The molecule has 0 aliphatic carbocycles. The molecule has 0 fully saturated rings. The van der Waals surface area contributed by atoms with Crippen LogP contribution in [0.1, 0.15) is 17.2 Å². The molecule has 1 aromatic heterocycles. The molecule has 5 nitrogen and oxygen atoms in total. The first-order valence-electron chi connectivity index (χ1n) is 6.79. The largest absolute Gasteiger partial charge is 0.460 e. The standard InChI is InChI=1S/C16H13ClN2O3S/c17-12-3-1-11(2-4-12)14-13(20)15(16(18)21-14)22-23-9-10-5-7-19-8-6-10/h1-8,14H,9,18H2. The van der Waals surface area contributed by atoms with Crippen molar-refractivity contribution in [3.8, 4) is 0 Å². The summed E-state index contributed by atoms with van der Waals surface area (Å²) in [4.78, 5) is 16.3. The molecule has 1 aliphatic rings. The van der Waals surface area contributed by atoms with Gasteiger partial charge in [-0.2, -0.15) is 0 Å². The lowest BCUT2D eigenvalue weighted by Crippen LogP contribution is -2.10. The Balaban J connectivity index is 1.63. The van der Waals surface area contributed by atoms with E-state index in [0.717, 1.165) is 17.6 Å². The molecule has 0 amide bonds. The summed E-state index contributed by atoms with van der Waals surface area (Å²) in [6.45, 7) is 0. The van der Waals surface area contributed by atoms with Gasteiger partial charge in [-0.15, -0.1) is 0 Å². The van der Waals surface area contributed by atoms with Crippen LogP contribution in [0.3, 0.4) is 0 Å². The second-order valence-corrected chi connectivity index (χ2v) is 5.94. The predicted molar refractivity (Wildman–Crippen MR) is 88.1 cm³/mol. The molecule has 1 unspecified atom stereocenters. The van der Waals surface area contributed by atoms with E-state index in [9.17, 15) is 4.79 Å². The Bertz CT molecular complexity index is 735. The second kappa shape index (κ2) is 6.93. The lowest BCUT2D eigenvalue weighted by atomic mass is 10.1. The highest BCUT2D eigenvalue weighted by Gasteiger charge is 2.37. The van der Waals surface area contributed by atoms with Crippen LogP contribution >= 0.6 is 23.6 Å². The number of hydrogen-bond acceptors (Lipinski definition) is 6. The molecule has 0 bridgehead atoms. The number of benzene rings is 1.